The van der Waals surface area contributed by atoms with Crippen molar-refractivity contribution in [1.82, 2.24) is 19.7 Å². The highest BCUT2D eigenvalue weighted by molar-refractivity contribution is 7.09. The van der Waals surface area contributed by atoms with Crippen LogP contribution >= 0.6 is 11.3 Å². The summed E-state index contributed by atoms with van der Waals surface area (Å²) >= 11 is 1.68. The van der Waals surface area contributed by atoms with E-state index < -0.39 is 0 Å². The van der Waals surface area contributed by atoms with E-state index in [-0.39, 0.29) is 0 Å². The molecule has 102 valence electrons. The Kier molecular flexibility index (Phi) is 3.73. The monoisotopic (exact) mass is 285 g/mol. The van der Waals surface area contributed by atoms with E-state index in [1.807, 2.05) is 17.7 Å². The highest BCUT2D eigenvalue weighted by atomic mass is 32.1. The Bertz CT molecular complexity index is 674. The van der Waals surface area contributed by atoms with Gasteiger partial charge in [0, 0.05) is 16.8 Å². The van der Waals surface area contributed by atoms with E-state index >= 15 is 0 Å². The first-order valence-electron chi connectivity index (χ1n) is 6.36. The molecule has 0 spiro atoms. The lowest BCUT2D eigenvalue weighted by Gasteiger charge is -2.07. The average Bonchev–Trinajstić information content (AvgIpc) is 3.09. The summed E-state index contributed by atoms with van der Waals surface area (Å²) in [6, 6.07) is 8.32. The van der Waals surface area contributed by atoms with Crippen molar-refractivity contribution in [3.8, 4) is 0 Å². The molecule has 0 aliphatic heterocycles. The van der Waals surface area contributed by atoms with Crippen molar-refractivity contribution in [3.63, 3.8) is 0 Å². The first kappa shape index (κ1) is 12.8. The average molecular weight is 285 g/mol. The Morgan fingerprint density at radius 1 is 1.35 bits per heavy atom. The van der Waals surface area contributed by atoms with Crippen molar-refractivity contribution < 1.29 is 0 Å². The van der Waals surface area contributed by atoms with E-state index in [0.29, 0.717) is 0 Å². The number of rotatable bonds is 5. The van der Waals surface area contributed by atoms with Gasteiger partial charge in [0.15, 0.2) is 0 Å². The van der Waals surface area contributed by atoms with Crippen LogP contribution < -0.4 is 5.32 Å². The summed E-state index contributed by atoms with van der Waals surface area (Å²) < 4.78 is 1.81. The van der Waals surface area contributed by atoms with Gasteiger partial charge < -0.3 is 5.32 Å². The normalized spacial score (nSPS) is 10.7. The minimum absolute atomic E-state index is 0.728. The van der Waals surface area contributed by atoms with Crippen LogP contribution in [0.1, 0.15) is 16.3 Å². The van der Waals surface area contributed by atoms with E-state index in [1.165, 1.54) is 5.56 Å². The van der Waals surface area contributed by atoms with Crippen molar-refractivity contribution in [2.45, 2.75) is 20.0 Å². The molecule has 1 N–H and O–H groups in total. The predicted molar refractivity (Wildman–Crippen MR) is 79.7 cm³/mol. The lowest BCUT2D eigenvalue weighted by molar-refractivity contribution is 0.685. The Morgan fingerprint density at radius 2 is 2.30 bits per heavy atom. The van der Waals surface area contributed by atoms with Gasteiger partial charge in [0.1, 0.15) is 17.7 Å². The maximum absolute atomic E-state index is 4.44. The molecule has 20 heavy (non-hydrogen) atoms. The Morgan fingerprint density at radius 3 is 3.05 bits per heavy atom. The molecule has 0 atom stereocenters. The van der Waals surface area contributed by atoms with Gasteiger partial charge >= 0.3 is 0 Å². The molecule has 0 fully saturated rings. The van der Waals surface area contributed by atoms with Crippen LogP contribution in [0.5, 0.6) is 0 Å². The predicted octanol–water partition coefficient (Wildman–Crippen LogP) is 2.70. The van der Waals surface area contributed by atoms with Gasteiger partial charge in [0.2, 0.25) is 0 Å². The molecule has 2 aromatic heterocycles. The number of thiazole rings is 1. The molecule has 3 rings (SSSR count). The number of benzene rings is 1. The van der Waals surface area contributed by atoms with Gasteiger partial charge in [0.05, 0.1) is 13.1 Å². The van der Waals surface area contributed by atoms with Crippen molar-refractivity contribution >= 4 is 17.0 Å². The fraction of sp³-hybridized carbons (Fsp3) is 0.214. The molecule has 0 amide bonds. The Labute approximate surface area is 121 Å². The minimum Gasteiger partial charge on any atom is -0.379 e. The zero-order chi connectivity index (χ0) is 13.8. The molecule has 5 nitrogen and oxygen atoms in total. The van der Waals surface area contributed by atoms with E-state index in [4.69, 9.17) is 0 Å². The molecule has 2 heterocycles. The van der Waals surface area contributed by atoms with Crippen LogP contribution in [0.25, 0.3) is 0 Å². The zero-order valence-electron chi connectivity index (χ0n) is 11.2. The largest absolute Gasteiger partial charge is 0.379 e. The number of anilines is 1. The summed E-state index contributed by atoms with van der Waals surface area (Å²) in [5.74, 6) is 0. The fourth-order valence-corrected chi connectivity index (χ4v) is 2.65. The molecule has 6 heteroatoms. The van der Waals surface area contributed by atoms with E-state index in [9.17, 15) is 0 Å². The third kappa shape index (κ3) is 3.21. The molecule has 0 aliphatic carbocycles. The summed E-state index contributed by atoms with van der Waals surface area (Å²) in [6.07, 6.45) is 3.27. The number of hydrogen-bond donors (Lipinski definition) is 1. The summed E-state index contributed by atoms with van der Waals surface area (Å²) in [6.45, 7) is 3.50. The zero-order valence-corrected chi connectivity index (χ0v) is 12.0. The van der Waals surface area contributed by atoms with Gasteiger partial charge in [-0.25, -0.2) is 14.6 Å². The summed E-state index contributed by atoms with van der Waals surface area (Å²) in [5.41, 5.74) is 3.36. The topological polar surface area (TPSA) is 55.6 Å². The molecule has 1 aromatic carbocycles. The Balaban J connectivity index is 1.65. The molecular formula is C14H15N5S. The Hall–Kier alpha value is -2.21. The van der Waals surface area contributed by atoms with Crippen molar-refractivity contribution in [2.24, 2.45) is 0 Å². The third-order valence-electron chi connectivity index (χ3n) is 2.85. The van der Waals surface area contributed by atoms with E-state index in [2.05, 4.69) is 44.0 Å². The first-order chi connectivity index (χ1) is 9.79. The number of nitrogens with one attached hydrogen (secondary N) is 1. The molecule has 0 saturated carbocycles. The van der Waals surface area contributed by atoms with Gasteiger partial charge in [0.25, 0.3) is 0 Å². The molecule has 0 saturated heterocycles. The number of hydrogen-bond acceptors (Lipinski definition) is 5. The molecule has 3 aromatic rings. The van der Waals surface area contributed by atoms with Crippen LogP contribution in [0.3, 0.4) is 0 Å². The molecular weight excluding hydrogens is 270 g/mol. The highest BCUT2D eigenvalue weighted by Crippen LogP contribution is 2.15. The van der Waals surface area contributed by atoms with Gasteiger partial charge in [-0.2, -0.15) is 5.10 Å². The number of nitrogens with zero attached hydrogens (tertiary/aromatic N) is 4. The van der Waals surface area contributed by atoms with E-state index in [1.54, 1.807) is 24.0 Å². The first-order valence-corrected chi connectivity index (χ1v) is 7.24. The fourth-order valence-electron chi connectivity index (χ4n) is 1.94. The molecule has 0 radical (unpaired) electrons. The van der Waals surface area contributed by atoms with E-state index in [0.717, 1.165) is 29.5 Å². The van der Waals surface area contributed by atoms with Gasteiger partial charge in [-0.05, 0) is 24.6 Å². The number of aryl methyl sites for hydroxylation is 1. The lowest BCUT2D eigenvalue weighted by atomic mass is 10.2. The van der Waals surface area contributed by atoms with Crippen LogP contribution in [0, 0.1) is 6.92 Å². The number of aromatic nitrogens is 4. The second-order valence-electron chi connectivity index (χ2n) is 4.53. The SMILES string of the molecule is Cc1csc(CNc2cccc(Cn3cncn3)c2)n1. The van der Waals surface area contributed by atoms with Gasteiger partial charge in [-0.3, -0.25) is 0 Å². The summed E-state index contributed by atoms with van der Waals surface area (Å²) in [4.78, 5) is 8.39. The van der Waals surface area contributed by atoms with Crippen LogP contribution in [0.4, 0.5) is 5.69 Å². The quantitative estimate of drug-likeness (QED) is 0.783. The third-order valence-corrected chi connectivity index (χ3v) is 3.82. The molecule has 0 bridgehead atoms. The maximum atomic E-state index is 4.44. The van der Waals surface area contributed by atoms with Crippen LogP contribution in [-0.4, -0.2) is 19.7 Å². The molecule has 0 unspecified atom stereocenters. The smallest absolute Gasteiger partial charge is 0.137 e. The van der Waals surface area contributed by atoms with Gasteiger partial charge in [-0.1, -0.05) is 12.1 Å². The van der Waals surface area contributed by atoms with Crippen LogP contribution in [0.15, 0.2) is 42.3 Å². The van der Waals surface area contributed by atoms with Crippen molar-refractivity contribution in [3.05, 3.63) is 58.6 Å². The van der Waals surface area contributed by atoms with Crippen molar-refractivity contribution in [1.29, 1.82) is 0 Å². The van der Waals surface area contributed by atoms with Crippen LogP contribution in [-0.2, 0) is 13.1 Å². The van der Waals surface area contributed by atoms with Gasteiger partial charge in [-0.15, -0.1) is 11.3 Å². The summed E-state index contributed by atoms with van der Waals surface area (Å²) in [5, 5.41) is 10.7. The standard InChI is InChI=1S/C14H15N5S/c1-11-8-20-14(18-11)6-16-13-4-2-3-12(5-13)7-19-10-15-9-17-19/h2-5,8-10,16H,6-7H2,1H3. The second-order valence-corrected chi connectivity index (χ2v) is 5.47. The minimum atomic E-state index is 0.728. The second kappa shape index (κ2) is 5.83. The lowest BCUT2D eigenvalue weighted by Crippen LogP contribution is -2.02. The molecule has 0 aliphatic rings. The maximum Gasteiger partial charge on any atom is 0.137 e. The summed E-state index contributed by atoms with van der Waals surface area (Å²) in [7, 11) is 0. The highest BCUT2D eigenvalue weighted by Gasteiger charge is 2.01. The van der Waals surface area contributed by atoms with Crippen molar-refractivity contribution in [2.75, 3.05) is 5.32 Å². The van der Waals surface area contributed by atoms with Crippen LogP contribution in [0.2, 0.25) is 0 Å².